The number of amides is 1. The van der Waals surface area contributed by atoms with Crippen LogP contribution in [0.4, 0.5) is 0 Å². The number of amidine groups is 1. The van der Waals surface area contributed by atoms with Crippen LogP contribution in [0, 0.1) is 12.3 Å². The third kappa shape index (κ3) is 5.94. The van der Waals surface area contributed by atoms with Gasteiger partial charge in [0.1, 0.15) is 11.6 Å². The zero-order chi connectivity index (χ0) is 30.7. The maximum Gasteiger partial charge on any atom is 0.336 e. The minimum Gasteiger partial charge on any atom is -0.497 e. The Bertz CT molecular complexity index is 1840. The number of carbonyl (C=O) groups is 2. The monoisotopic (exact) mass is 576 g/mol. The molecule has 6 N–H and O–H groups in total. The van der Waals surface area contributed by atoms with Crippen LogP contribution < -0.4 is 15.8 Å². The van der Waals surface area contributed by atoms with Gasteiger partial charge in [0.2, 0.25) is 0 Å². The van der Waals surface area contributed by atoms with Crippen molar-refractivity contribution in [1.29, 1.82) is 5.41 Å². The molecule has 1 atom stereocenters. The molecule has 0 fully saturated rings. The quantitative estimate of drug-likeness (QED) is 0.110. The number of aromatic amines is 1. The van der Waals surface area contributed by atoms with E-state index in [1.165, 1.54) is 13.2 Å². The largest absolute Gasteiger partial charge is 0.497 e. The first-order chi connectivity index (χ1) is 20.7. The molecule has 0 spiro atoms. The number of nitrogens with two attached hydrogens (primary N) is 1. The summed E-state index contributed by atoms with van der Waals surface area (Å²) in [4.78, 5) is 37.5. The maximum atomic E-state index is 13.3. The van der Waals surface area contributed by atoms with Crippen LogP contribution in [0.1, 0.15) is 68.1 Å². The topological polar surface area (TPSA) is 167 Å². The number of fused-ring (bicyclic) bond motifs is 1. The first kappa shape index (κ1) is 29.0. The molecule has 0 aliphatic rings. The zero-order valence-corrected chi connectivity index (χ0v) is 24.1. The fourth-order valence-corrected chi connectivity index (χ4v) is 5.29. The van der Waals surface area contributed by atoms with Gasteiger partial charge in [-0.25, -0.2) is 4.79 Å². The summed E-state index contributed by atoms with van der Waals surface area (Å²) in [7, 11) is 1.48. The second kappa shape index (κ2) is 12.2. The number of hydrogen-bond donors (Lipinski definition) is 5. The summed E-state index contributed by atoms with van der Waals surface area (Å²) in [6, 6.07) is 15.9. The number of rotatable bonds is 10. The van der Waals surface area contributed by atoms with Gasteiger partial charge in [0.15, 0.2) is 0 Å². The van der Waals surface area contributed by atoms with Crippen molar-refractivity contribution in [3.63, 3.8) is 0 Å². The van der Waals surface area contributed by atoms with E-state index in [0.29, 0.717) is 40.1 Å². The van der Waals surface area contributed by atoms with Crippen LogP contribution in [0.15, 0.2) is 73.2 Å². The number of nitrogens with zero attached hydrogens (tertiary/aromatic N) is 2. The maximum absolute atomic E-state index is 13.3. The van der Waals surface area contributed by atoms with Crippen LogP contribution >= 0.6 is 0 Å². The van der Waals surface area contributed by atoms with Crippen molar-refractivity contribution in [2.24, 2.45) is 5.73 Å². The number of nitrogens with one attached hydrogen (secondary N) is 3. The van der Waals surface area contributed by atoms with Gasteiger partial charge in [-0.15, -0.1) is 0 Å². The molecule has 0 aliphatic heterocycles. The second-order valence-electron chi connectivity index (χ2n) is 10.2. The summed E-state index contributed by atoms with van der Waals surface area (Å²) < 4.78 is 5.30. The highest BCUT2D eigenvalue weighted by Gasteiger charge is 2.24. The summed E-state index contributed by atoms with van der Waals surface area (Å²) in [6.45, 7) is 4.10. The molecule has 10 heteroatoms. The Morgan fingerprint density at radius 3 is 2.49 bits per heavy atom. The van der Waals surface area contributed by atoms with Crippen LogP contribution in [0.2, 0.25) is 0 Å². The number of ether oxygens (including phenoxy) is 1. The molecule has 0 saturated carbocycles. The smallest absolute Gasteiger partial charge is 0.336 e. The van der Waals surface area contributed by atoms with Crippen molar-refractivity contribution in [2.45, 2.75) is 32.7 Å². The van der Waals surface area contributed by atoms with Gasteiger partial charge in [-0.2, -0.15) is 0 Å². The van der Waals surface area contributed by atoms with E-state index in [9.17, 15) is 14.7 Å². The van der Waals surface area contributed by atoms with E-state index < -0.39 is 5.97 Å². The zero-order valence-electron chi connectivity index (χ0n) is 24.1. The molecule has 0 aliphatic carbocycles. The normalized spacial score (nSPS) is 11.7. The molecule has 218 valence electrons. The number of carboxylic acid groups (broad SMARTS) is 1. The molecule has 0 radical (unpaired) electrons. The van der Waals surface area contributed by atoms with E-state index in [0.717, 1.165) is 27.7 Å². The molecule has 1 amide bonds. The lowest BCUT2D eigenvalue weighted by molar-refractivity contribution is 0.0697. The van der Waals surface area contributed by atoms with Gasteiger partial charge in [0.05, 0.1) is 36.8 Å². The molecule has 2 heterocycles. The molecule has 5 aromatic rings. The number of aromatic nitrogens is 3. The van der Waals surface area contributed by atoms with Gasteiger partial charge in [0.25, 0.3) is 5.91 Å². The number of aryl methyl sites for hydroxylation is 1. The minimum absolute atomic E-state index is 0.0172. The molecular weight excluding hydrogens is 544 g/mol. The van der Waals surface area contributed by atoms with Crippen LogP contribution in [0.5, 0.6) is 5.75 Å². The number of methoxy groups -OCH3 is 1. The lowest BCUT2D eigenvalue weighted by Gasteiger charge is -2.22. The summed E-state index contributed by atoms with van der Waals surface area (Å²) in [5, 5.41) is 21.8. The summed E-state index contributed by atoms with van der Waals surface area (Å²) >= 11 is 0. The van der Waals surface area contributed by atoms with Crippen molar-refractivity contribution >= 4 is 28.6 Å². The van der Waals surface area contributed by atoms with Crippen LogP contribution in [-0.4, -0.2) is 44.9 Å². The Balaban J connectivity index is 1.62. The third-order valence-corrected chi connectivity index (χ3v) is 7.51. The van der Waals surface area contributed by atoms with Gasteiger partial charge in [-0.05, 0) is 72.0 Å². The minimum atomic E-state index is -1.11. The molecule has 3 aromatic carbocycles. The molecule has 2 aromatic heterocycles. The fourth-order valence-electron chi connectivity index (χ4n) is 5.29. The SMILES string of the molecule is CCC(c1ccc(C(=O)NCc2cnc(C)cn2)cc1-c1ccc(OC)cc1C(=O)O)c1c[nH]c2cc(C(=N)N)ccc12. The lowest BCUT2D eigenvalue weighted by Crippen LogP contribution is -2.23. The van der Waals surface area contributed by atoms with Gasteiger partial charge in [-0.1, -0.05) is 25.1 Å². The summed E-state index contributed by atoms with van der Waals surface area (Å²) in [5.41, 5.74) is 12.0. The third-order valence-electron chi connectivity index (χ3n) is 7.51. The number of nitrogen functional groups attached to an aromatic ring is 1. The Labute approximate surface area is 248 Å². The highest BCUT2D eigenvalue weighted by Crippen LogP contribution is 2.40. The Kier molecular flexibility index (Phi) is 8.20. The van der Waals surface area contributed by atoms with Crippen LogP contribution in [0.25, 0.3) is 22.0 Å². The second-order valence-corrected chi connectivity index (χ2v) is 10.2. The molecule has 43 heavy (non-hydrogen) atoms. The van der Waals surface area contributed by atoms with Crippen molar-refractivity contribution in [2.75, 3.05) is 7.11 Å². The highest BCUT2D eigenvalue weighted by molar-refractivity contribution is 6.01. The van der Waals surface area contributed by atoms with E-state index in [4.69, 9.17) is 15.9 Å². The van der Waals surface area contributed by atoms with Gasteiger partial charge >= 0.3 is 5.97 Å². The average Bonchev–Trinajstić information content (AvgIpc) is 3.43. The fraction of sp³-hybridized carbons (Fsp3) is 0.182. The van der Waals surface area contributed by atoms with Crippen molar-refractivity contribution in [3.8, 4) is 16.9 Å². The molecule has 0 bridgehead atoms. The number of benzene rings is 3. The predicted molar refractivity (Wildman–Crippen MR) is 165 cm³/mol. The number of aromatic carboxylic acids is 1. The molecule has 0 saturated heterocycles. The number of H-pyrrole nitrogens is 1. The summed E-state index contributed by atoms with van der Waals surface area (Å²) in [5.74, 6) is -1.17. The first-order valence-electron chi connectivity index (χ1n) is 13.8. The highest BCUT2D eigenvalue weighted by atomic mass is 16.5. The number of hydrogen-bond acceptors (Lipinski definition) is 6. The van der Waals surface area contributed by atoms with Gasteiger partial charge in [0, 0.05) is 40.3 Å². The van der Waals surface area contributed by atoms with E-state index in [2.05, 4.69) is 27.2 Å². The Morgan fingerprint density at radius 2 is 1.81 bits per heavy atom. The van der Waals surface area contributed by atoms with E-state index in [-0.39, 0.29) is 29.8 Å². The first-order valence-corrected chi connectivity index (χ1v) is 13.8. The van der Waals surface area contributed by atoms with Gasteiger partial charge in [-0.3, -0.25) is 20.2 Å². The molecule has 5 rings (SSSR count). The van der Waals surface area contributed by atoms with Crippen LogP contribution in [-0.2, 0) is 6.54 Å². The average molecular weight is 577 g/mol. The van der Waals surface area contributed by atoms with Crippen molar-refractivity contribution in [1.82, 2.24) is 20.3 Å². The predicted octanol–water partition coefficient (Wildman–Crippen LogP) is 5.40. The Hall–Kier alpha value is -5.51. The number of carbonyl (C=O) groups excluding carboxylic acids is 1. The number of carboxylic acids is 1. The summed E-state index contributed by atoms with van der Waals surface area (Å²) in [6.07, 6.45) is 5.89. The van der Waals surface area contributed by atoms with E-state index in [1.54, 1.807) is 36.7 Å². The van der Waals surface area contributed by atoms with E-state index >= 15 is 0 Å². The molecular formula is C33H32N6O4. The lowest BCUT2D eigenvalue weighted by atomic mass is 9.82. The molecule has 10 nitrogen and oxygen atoms in total. The van der Waals surface area contributed by atoms with Crippen LogP contribution in [0.3, 0.4) is 0 Å². The van der Waals surface area contributed by atoms with Gasteiger partial charge < -0.3 is 25.9 Å². The van der Waals surface area contributed by atoms with Crippen molar-refractivity contribution in [3.05, 3.63) is 112 Å². The molecule has 1 unspecified atom stereocenters. The van der Waals surface area contributed by atoms with Crippen molar-refractivity contribution < 1.29 is 19.4 Å². The standard InChI is InChI=1S/C33H32N6O4/c1-4-23(29-17-38-30-12-19(31(34)35)5-9-26(29)30)24-8-6-20(32(40)39-16-21-15-36-18(2)14-37-21)11-27(24)25-10-7-22(43-3)13-28(25)33(41)42/h5-15,17,23,38H,4,16H2,1-3H3,(H3,34,35)(H,39,40)(H,41,42). The van der Waals surface area contributed by atoms with E-state index in [1.807, 2.05) is 37.4 Å². The Morgan fingerprint density at radius 1 is 1.02 bits per heavy atom.